The van der Waals surface area contributed by atoms with Gasteiger partial charge in [0.15, 0.2) is 0 Å². The highest BCUT2D eigenvalue weighted by Crippen LogP contribution is 2.22. The topological polar surface area (TPSA) is 41.1 Å². The summed E-state index contributed by atoms with van der Waals surface area (Å²) in [5, 5.41) is 6.23. The molecule has 21 heavy (non-hydrogen) atoms. The summed E-state index contributed by atoms with van der Waals surface area (Å²) in [7, 11) is 0. The lowest BCUT2D eigenvalue weighted by Gasteiger charge is -2.20. The third-order valence-electron chi connectivity index (χ3n) is 3.51. The molecule has 0 fully saturated rings. The smallest absolute Gasteiger partial charge is 0.255 e. The van der Waals surface area contributed by atoms with Gasteiger partial charge in [-0.1, -0.05) is 23.7 Å². The first-order chi connectivity index (χ1) is 10.1. The molecular formula is C16H14ClFN2O. The van der Waals surface area contributed by atoms with Gasteiger partial charge in [0.2, 0.25) is 0 Å². The molecule has 0 aliphatic carbocycles. The van der Waals surface area contributed by atoms with Crippen LogP contribution in [0.25, 0.3) is 0 Å². The molecule has 5 heteroatoms. The van der Waals surface area contributed by atoms with E-state index in [1.807, 2.05) is 12.1 Å². The van der Waals surface area contributed by atoms with Gasteiger partial charge in [0.05, 0.1) is 0 Å². The van der Waals surface area contributed by atoms with Crippen molar-refractivity contribution in [1.82, 2.24) is 5.32 Å². The van der Waals surface area contributed by atoms with Gasteiger partial charge in [-0.2, -0.15) is 0 Å². The van der Waals surface area contributed by atoms with Crippen molar-refractivity contribution in [3.05, 3.63) is 63.9 Å². The van der Waals surface area contributed by atoms with E-state index in [2.05, 4.69) is 10.6 Å². The number of carbonyl (C=O) groups is 1. The molecule has 1 amide bonds. The molecule has 0 bridgehead atoms. The van der Waals surface area contributed by atoms with Gasteiger partial charge in [0, 0.05) is 22.8 Å². The number of carbonyl (C=O) groups excluding carboxylic acids is 1. The zero-order chi connectivity index (χ0) is 14.8. The van der Waals surface area contributed by atoms with Crippen LogP contribution >= 0.6 is 11.6 Å². The Kier molecular flexibility index (Phi) is 3.90. The Morgan fingerprint density at radius 1 is 1.29 bits per heavy atom. The van der Waals surface area contributed by atoms with Crippen LogP contribution in [0.3, 0.4) is 0 Å². The Morgan fingerprint density at radius 3 is 2.95 bits per heavy atom. The van der Waals surface area contributed by atoms with Crippen molar-refractivity contribution in [1.29, 1.82) is 0 Å². The molecule has 0 saturated heterocycles. The van der Waals surface area contributed by atoms with Crippen LogP contribution in [0.5, 0.6) is 0 Å². The third kappa shape index (κ3) is 3.06. The SMILES string of the molecule is O=C(Nc1cc(F)cc(Cl)c1)c1cccc2c1CCNC2. The van der Waals surface area contributed by atoms with E-state index in [1.165, 1.54) is 18.2 Å². The second-order valence-corrected chi connectivity index (χ2v) is 5.42. The van der Waals surface area contributed by atoms with E-state index >= 15 is 0 Å². The number of nitrogens with one attached hydrogen (secondary N) is 2. The zero-order valence-electron chi connectivity index (χ0n) is 11.2. The summed E-state index contributed by atoms with van der Waals surface area (Å²) < 4.78 is 13.3. The molecule has 0 saturated carbocycles. The molecule has 1 aliphatic heterocycles. The van der Waals surface area contributed by atoms with Crippen LogP contribution in [-0.4, -0.2) is 12.5 Å². The maximum atomic E-state index is 13.3. The summed E-state index contributed by atoms with van der Waals surface area (Å²) in [6, 6.07) is 9.64. The van der Waals surface area contributed by atoms with Crippen LogP contribution in [0.15, 0.2) is 36.4 Å². The lowest BCUT2D eigenvalue weighted by Crippen LogP contribution is -2.26. The fourth-order valence-corrected chi connectivity index (χ4v) is 2.79. The molecule has 0 atom stereocenters. The zero-order valence-corrected chi connectivity index (χ0v) is 12.0. The number of amides is 1. The molecule has 2 aromatic rings. The van der Waals surface area contributed by atoms with Crippen molar-refractivity contribution in [2.24, 2.45) is 0 Å². The van der Waals surface area contributed by atoms with Crippen LogP contribution in [0.4, 0.5) is 10.1 Å². The van der Waals surface area contributed by atoms with E-state index in [0.717, 1.165) is 30.6 Å². The Bertz CT molecular complexity index is 682. The largest absolute Gasteiger partial charge is 0.322 e. The third-order valence-corrected chi connectivity index (χ3v) is 3.72. The van der Waals surface area contributed by atoms with Gasteiger partial charge in [0.25, 0.3) is 5.91 Å². The van der Waals surface area contributed by atoms with Crippen LogP contribution in [0, 0.1) is 5.82 Å². The summed E-state index contributed by atoms with van der Waals surface area (Å²) in [6.07, 6.45) is 0.808. The van der Waals surface area contributed by atoms with Crippen LogP contribution in [0.1, 0.15) is 21.5 Å². The molecule has 0 radical (unpaired) electrons. The fourth-order valence-electron chi connectivity index (χ4n) is 2.57. The minimum atomic E-state index is -0.475. The number of hydrogen-bond donors (Lipinski definition) is 2. The number of rotatable bonds is 2. The number of hydrogen-bond acceptors (Lipinski definition) is 2. The molecule has 2 N–H and O–H groups in total. The molecule has 1 heterocycles. The van der Waals surface area contributed by atoms with Gasteiger partial charge in [-0.05, 0) is 48.4 Å². The predicted octanol–water partition coefficient (Wildman–Crippen LogP) is 3.38. The summed E-state index contributed by atoms with van der Waals surface area (Å²) in [4.78, 5) is 12.4. The standard InChI is InChI=1S/C16H14ClFN2O/c17-11-6-12(18)8-13(7-11)20-16(21)15-3-1-2-10-9-19-5-4-14(10)15/h1-3,6-8,19H,4-5,9H2,(H,20,21). The molecule has 3 rings (SSSR count). The van der Waals surface area contributed by atoms with Gasteiger partial charge in [-0.3, -0.25) is 4.79 Å². The van der Waals surface area contributed by atoms with Crippen LogP contribution in [-0.2, 0) is 13.0 Å². The maximum absolute atomic E-state index is 13.3. The highest BCUT2D eigenvalue weighted by atomic mass is 35.5. The van der Waals surface area contributed by atoms with E-state index in [9.17, 15) is 9.18 Å². The molecule has 0 unspecified atom stereocenters. The quantitative estimate of drug-likeness (QED) is 0.893. The van der Waals surface area contributed by atoms with Crippen molar-refractivity contribution >= 4 is 23.2 Å². The van der Waals surface area contributed by atoms with E-state index in [0.29, 0.717) is 11.3 Å². The summed E-state index contributed by atoms with van der Waals surface area (Å²) >= 11 is 5.80. The molecule has 2 aromatic carbocycles. The monoisotopic (exact) mass is 304 g/mol. The van der Waals surface area contributed by atoms with Gasteiger partial charge < -0.3 is 10.6 Å². The Labute approximate surface area is 127 Å². The van der Waals surface area contributed by atoms with Gasteiger partial charge >= 0.3 is 0 Å². The van der Waals surface area contributed by atoms with Crippen molar-refractivity contribution in [2.45, 2.75) is 13.0 Å². The molecular weight excluding hydrogens is 291 g/mol. The number of halogens is 2. The first-order valence-corrected chi connectivity index (χ1v) is 7.10. The van der Waals surface area contributed by atoms with Crippen molar-refractivity contribution in [2.75, 3.05) is 11.9 Å². The molecule has 108 valence electrons. The van der Waals surface area contributed by atoms with Crippen LogP contribution < -0.4 is 10.6 Å². The molecule has 3 nitrogen and oxygen atoms in total. The van der Waals surface area contributed by atoms with E-state index < -0.39 is 5.82 Å². The van der Waals surface area contributed by atoms with E-state index in [4.69, 9.17) is 11.6 Å². The average Bonchev–Trinajstić information content (AvgIpc) is 2.45. The Morgan fingerprint density at radius 2 is 2.14 bits per heavy atom. The normalized spacial score (nSPS) is 13.6. The summed E-state index contributed by atoms with van der Waals surface area (Å²) in [5.41, 5.74) is 3.17. The summed E-state index contributed by atoms with van der Waals surface area (Å²) in [6.45, 7) is 1.62. The Hall–Kier alpha value is -1.91. The minimum Gasteiger partial charge on any atom is -0.322 e. The van der Waals surface area contributed by atoms with Crippen molar-refractivity contribution < 1.29 is 9.18 Å². The van der Waals surface area contributed by atoms with E-state index in [-0.39, 0.29) is 10.9 Å². The number of benzene rings is 2. The average molecular weight is 305 g/mol. The minimum absolute atomic E-state index is 0.240. The first-order valence-electron chi connectivity index (χ1n) is 6.72. The van der Waals surface area contributed by atoms with Crippen molar-refractivity contribution in [3.8, 4) is 0 Å². The van der Waals surface area contributed by atoms with Gasteiger partial charge in [-0.15, -0.1) is 0 Å². The highest BCUT2D eigenvalue weighted by Gasteiger charge is 2.17. The molecule has 1 aliphatic rings. The van der Waals surface area contributed by atoms with Gasteiger partial charge in [-0.25, -0.2) is 4.39 Å². The number of fused-ring (bicyclic) bond motifs is 1. The lowest BCUT2D eigenvalue weighted by molar-refractivity contribution is 0.102. The predicted molar refractivity (Wildman–Crippen MR) is 81.2 cm³/mol. The molecule has 0 spiro atoms. The van der Waals surface area contributed by atoms with E-state index in [1.54, 1.807) is 6.07 Å². The van der Waals surface area contributed by atoms with Crippen LogP contribution in [0.2, 0.25) is 5.02 Å². The highest BCUT2D eigenvalue weighted by molar-refractivity contribution is 6.31. The number of anilines is 1. The Balaban J connectivity index is 1.89. The second kappa shape index (κ2) is 5.84. The molecule has 0 aromatic heterocycles. The maximum Gasteiger partial charge on any atom is 0.255 e. The van der Waals surface area contributed by atoms with Gasteiger partial charge in [0.1, 0.15) is 5.82 Å². The van der Waals surface area contributed by atoms with Crippen molar-refractivity contribution in [3.63, 3.8) is 0 Å². The lowest BCUT2D eigenvalue weighted by atomic mass is 9.95. The second-order valence-electron chi connectivity index (χ2n) is 4.98. The first kappa shape index (κ1) is 14.0. The summed E-state index contributed by atoms with van der Waals surface area (Å²) in [5.74, 6) is -0.715. The fraction of sp³-hybridized carbons (Fsp3) is 0.188.